The second-order valence-electron chi connectivity index (χ2n) is 8.33. The Balaban J connectivity index is 1.35. The Morgan fingerprint density at radius 2 is 1.81 bits per heavy atom. The van der Waals surface area contributed by atoms with E-state index in [0.717, 1.165) is 32.6 Å². The van der Waals surface area contributed by atoms with Crippen molar-refractivity contribution < 1.29 is 9.50 Å². The molecule has 5 nitrogen and oxygen atoms in total. The zero-order valence-electron chi connectivity index (χ0n) is 17.7. The molecule has 0 bridgehead atoms. The largest absolute Gasteiger partial charge is 0.507 e. The first kappa shape index (κ1) is 20.4. The monoisotopic (exact) mass is 428 g/mol. The van der Waals surface area contributed by atoms with Gasteiger partial charge in [0.1, 0.15) is 17.4 Å². The number of aromatic hydroxyl groups is 1. The van der Waals surface area contributed by atoms with Crippen LogP contribution in [-0.2, 0) is 6.54 Å². The molecule has 0 radical (unpaired) electrons. The summed E-state index contributed by atoms with van der Waals surface area (Å²) < 4.78 is 14.0. The molecule has 1 aliphatic heterocycles. The molecule has 2 N–H and O–H groups in total. The maximum Gasteiger partial charge on any atom is 0.165 e. The highest BCUT2D eigenvalue weighted by Crippen LogP contribution is 2.30. The number of phenolic OH excluding ortho intramolecular Hbond substituents is 1. The predicted molar refractivity (Wildman–Crippen MR) is 125 cm³/mol. The lowest BCUT2D eigenvalue weighted by Gasteiger charge is -2.17. The predicted octanol–water partition coefficient (Wildman–Crippen LogP) is 5.08. The molecule has 1 fully saturated rings. The first-order valence-corrected chi connectivity index (χ1v) is 10.9. The van der Waals surface area contributed by atoms with E-state index in [1.54, 1.807) is 24.3 Å². The van der Waals surface area contributed by atoms with Crippen molar-refractivity contribution in [1.82, 2.24) is 14.9 Å². The average molecular weight is 429 g/mol. The minimum Gasteiger partial charge on any atom is -0.507 e. The summed E-state index contributed by atoms with van der Waals surface area (Å²) >= 11 is 0. The zero-order chi connectivity index (χ0) is 21.9. The molecule has 32 heavy (non-hydrogen) atoms. The number of hydrogen-bond donors (Lipinski definition) is 2. The molecule has 1 saturated heterocycles. The van der Waals surface area contributed by atoms with Gasteiger partial charge in [-0.1, -0.05) is 42.5 Å². The van der Waals surface area contributed by atoms with Crippen molar-refractivity contribution in [2.24, 2.45) is 5.92 Å². The number of halogens is 1. The van der Waals surface area contributed by atoms with E-state index in [9.17, 15) is 9.50 Å². The van der Waals surface area contributed by atoms with Crippen LogP contribution in [0.4, 0.5) is 10.2 Å². The van der Waals surface area contributed by atoms with Crippen LogP contribution in [0.2, 0.25) is 0 Å². The van der Waals surface area contributed by atoms with Crippen LogP contribution in [0.3, 0.4) is 0 Å². The molecule has 5 rings (SSSR count). The van der Waals surface area contributed by atoms with Crippen LogP contribution in [-0.4, -0.2) is 39.6 Å². The molecule has 0 unspecified atom stereocenters. The van der Waals surface area contributed by atoms with Gasteiger partial charge in [-0.3, -0.25) is 4.90 Å². The third kappa shape index (κ3) is 4.41. The topological polar surface area (TPSA) is 61.3 Å². The summed E-state index contributed by atoms with van der Waals surface area (Å²) in [5.74, 6) is 1.28. The number of phenols is 1. The number of aromatic nitrogens is 2. The molecule has 162 valence electrons. The molecule has 0 saturated carbocycles. The Morgan fingerprint density at radius 3 is 2.66 bits per heavy atom. The number of para-hydroxylation sites is 1. The van der Waals surface area contributed by atoms with Crippen LogP contribution in [0.25, 0.3) is 22.3 Å². The van der Waals surface area contributed by atoms with Crippen LogP contribution in [0.5, 0.6) is 5.75 Å². The standard InChI is InChI=1S/C26H25FN4O/c27-20-10-11-23-22(14-20)25(30-26(29-23)21-8-4-5-9-24(21)32)28-15-19-12-13-31(17-19)16-18-6-2-1-3-7-18/h1-11,14,19,32H,12-13,15-17H2,(H,28,29,30)/t19-/m0/s1. The Labute approximate surface area is 186 Å². The number of anilines is 1. The summed E-state index contributed by atoms with van der Waals surface area (Å²) in [5, 5.41) is 14.3. The fourth-order valence-corrected chi connectivity index (χ4v) is 4.32. The number of hydrogen-bond acceptors (Lipinski definition) is 5. The number of likely N-dealkylation sites (tertiary alicyclic amines) is 1. The van der Waals surface area contributed by atoms with E-state index >= 15 is 0 Å². The minimum atomic E-state index is -0.325. The van der Waals surface area contributed by atoms with Crippen molar-refractivity contribution in [3.63, 3.8) is 0 Å². The zero-order valence-corrected chi connectivity index (χ0v) is 17.7. The van der Waals surface area contributed by atoms with Gasteiger partial charge in [-0.25, -0.2) is 14.4 Å². The molecule has 0 aliphatic carbocycles. The van der Waals surface area contributed by atoms with E-state index in [4.69, 9.17) is 0 Å². The van der Waals surface area contributed by atoms with E-state index in [-0.39, 0.29) is 11.6 Å². The second-order valence-corrected chi connectivity index (χ2v) is 8.33. The molecule has 6 heteroatoms. The summed E-state index contributed by atoms with van der Waals surface area (Å²) in [6.45, 7) is 3.76. The number of benzene rings is 3. The van der Waals surface area contributed by atoms with Crippen molar-refractivity contribution in [1.29, 1.82) is 0 Å². The van der Waals surface area contributed by atoms with Gasteiger partial charge < -0.3 is 10.4 Å². The van der Waals surface area contributed by atoms with Gasteiger partial charge in [0, 0.05) is 25.0 Å². The van der Waals surface area contributed by atoms with Crippen molar-refractivity contribution in [2.75, 3.05) is 25.0 Å². The van der Waals surface area contributed by atoms with E-state index < -0.39 is 0 Å². The van der Waals surface area contributed by atoms with Crippen molar-refractivity contribution in [3.8, 4) is 17.1 Å². The summed E-state index contributed by atoms with van der Waals surface area (Å²) in [4.78, 5) is 11.7. The van der Waals surface area contributed by atoms with E-state index in [2.05, 4.69) is 44.5 Å². The normalized spacial score (nSPS) is 16.5. The first-order chi connectivity index (χ1) is 15.7. The van der Waals surface area contributed by atoms with Gasteiger partial charge >= 0.3 is 0 Å². The summed E-state index contributed by atoms with van der Waals surface area (Å²) in [6.07, 6.45) is 1.10. The average Bonchev–Trinajstić information content (AvgIpc) is 3.25. The number of nitrogens with zero attached hydrogens (tertiary/aromatic N) is 3. The Bertz CT molecular complexity index is 1230. The number of nitrogens with one attached hydrogen (secondary N) is 1. The highest BCUT2D eigenvalue weighted by atomic mass is 19.1. The van der Waals surface area contributed by atoms with Crippen LogP contribution in [0, 0.1) is 11.7 Å². The molecular weight excluding hydrogens is 403 g/mol. The van der Waals surface area contributed by atoms with Gasteiger partial charge in [-0.2, -0.15) is 0 Å². The molecular formula is C26H25FN4O. The van der Waals surface area contributed by atoms with E-state index in [1.165, 1.54) is 17.7 Å². The third-order valence-electron chi connectivity index (χ3n) is 5.98. The fourth-order valence-electron chi connectivity index (χ4n) is 4.32. The lowest BCUT2D eigenvalue weighted by molar-refractivity contribution is 0.319. The Morgan fingerprint density at radius 1 is 1.00 bits per heavy atom. The van der Waals surface area contributed by atoms with Crippen molar-refractivity contribution in [3.05, 3.63) is 84.2 Å². The molecule has 0 amide bonds. The highest BCUT2D eigenvalue weighted by molar-refractivity contribution is 5.91. The molecule has 1 aliphatic rings. The molecule has 0 spiro atoms. The number of rotatable bonds is 6. The molecule has 1 aromatic heterocycles. The smallest absolute Gasteiger partial charge is 0.165 e. The second kappa shape index (κ2) is 8.93. The molecule has 2 heterocycles. The summed E-state index contributed by atoms with van der Waals surface area (Å²) in [7, 11) is 0. The van der Waals surface area contributed by atoms with Gasteiger partial charge in [0.2, 0.25) is 0 Å². The SMILES string of the molecule is Oc1ccccc1-c1nc(NC[C@@H]2CCN(Cc3ccccc3)C2)c2cc(F)ccc2n1. The quantitative estimate of drug-likeness (QED) is 0.449. The van der Waals surface area contributed by atoms with Crippen LogP contribution in [0.1, 0.15) is 12.0 Å². The van der Waals surface area contributed by atoms with Gasteiger partial charge in [-0.15, -0.1) is 0 Å². The Kier molecular flexibility index (Phi) is 5.69. The van der Waals surface area contributed by atoms with Gasteiger partial charge in [0.15, 0.2) is 5.82 Å². The summed E-state index contributed by atoms with van der Waals surface area (Å²) in [5.41, 5.74) is 2.52. The summed E-state index contributed by atoms with van der Waals surface area (Å²) in [6, 6.07) is 22.0. The maximum absolute atomic E-state index is 14.0. The Hall–Kier alpha value is -3.51. The van der Waals surface area contributed by atoms with E-state index in [0.29, 0.717) is 34.0 Å². The van der Waals surface area contributed by atoms with Crippen LogP contribution in [0.15, 0.2) is 72.8 Å². The van der Waals surface area contributed by atoms with Crippen molar-refractivity contribution >= 4 is 16.7 Å². The fraction of sp³-hybridized carbons (Fsp3) is 0.231. The minimum absolute atomic E-state index is 0.118. The van der Waals surface area contributed by atoms with Gasteiger partial charge in [-0.05, 0) is 54.8 Å². The van der Waals surface area contributed by atoms with Gasteiger partial charge in [0.05, 0.1) is 11.1 Å². The first-order valence-electron chi connectivity index (χ1n) is 10.9. The van der Waals surface area contributed by atoms with Crippen molar-refractivity contribution in [2.45, 2.75) is 13.0 Å². The molecule has 3 aromatic carbocycles. The highest BCUT2D eigenvalue weighted by Gasteiger charge is 2.23. The lowest BCUT2D eigenvalue weighted by Crippen LogP contribution is -2.23. The lowest BCUT2D eigenvalue weighted by atomic mass is 10.1. The third-order valence-corrected chi connectivity index (χ3v) is 5.98. The van der Waals surface area contributed by atoms with Crippen LogP contribution < -0.4 is 5.32 Å². The van der Waals surface area contributed by atoms with Gasteiger partial charge in [0.25, 0.3) is 0 Å². The maximum atomic E-state index is 14.0. The number of fused-ring (bicyclic) bond motifs is 1. The van der Waals surface area contributed by atoms with Crippen LogP contribution >= 0.6 is 0 Å². The molecule has 1 atom stereocenters. The van der Waals surface area contributed by atoms with E-state index in [1.807, 2.05) is 12.1 Å². The molecule has 4 aromatic rings.